The van der Waals surface area contributed by atoms with E-state index in [0.717, 1.165) is 32.2 Å². The van der Waals surface area contributed by atoms with Crippen molar-refractivity contribution in [3.05, 3.63) is 83.3 Å². The number of nitrogens with zero attached hydrogens (tertiary/aromatic N) is 2. The molecule has 2 aromatic carbocycles. The second-order valence-corrected chi connectivity index (χ2v) is 7.98. The largest absolute Gasteiger partial charge is 0.469 e. The molecule has 0 saturated heterocycles. The number of hydrogen-bond acceptors (Lipinski definition) is 4. The van der Waals surface area contributed by atoms with Gasteiger partial charge in [0.25, 0.3) is 0 Å². The van der Waals surface area contributed by atoms with Crippen LogP contribution in [-0.4, -0.2) is 10.9 Å². The number of carbonyl (C=O) groups is 1. The molecule has 0 atom stereocenters. The number of carbonyl (C=O) groups excluding carboxylic acids is 1. The van der Waals surface area contributed by atoms with Crippen LogP contribution in [0.15, 0.2) is 65.3 Å². The van der Waals surface area contributed by atoms with Crippen molar-refractivity contribution in [1.82, 2.24) is 4.98 Å². The predicted octanol–water partition coefficient (Wildman–Crippen LogP) is 5.67. The highest BCUT2D eigenvalue weighted by Crippen LogP contribution is 2.33. The third-order valence-electron chi connectivity index (χ3n) is 4.70. The fourth-order valence-electron chi connectivity index (χ4n) is 3.32. The molecule has 0 aliphatic rings. The summed E-state index contributed by atoms with van der Waals surface area (Å²) in [5.74, 6) is 0.873. The van der Waals surface area contributed by atoms with Gasteiger partial charge in [-0.2, -0.15) is 0 Å². The van der Waals surface area contributed by atoms with Gasteiger partial charge in [-0.3, -0.25) is 9.69 Å². The molecule has 4 nitrogen and oxygen atoms in total. The summed E-state index contributed by atoms with van der Waals surface area (Å²) in [6, 6.07) is 18.1. The molecule has 0 aliphatic heterocycles. The molecule has 0 spiro atoms. The van der Waals surface area contributed by atoms with Gasteiger partial charge in [-0.05, 0) is 48.7 Å². The molecule has 142 valence electrons. The van der Waals surface area contributed by atoms with Gasteiger partial charge in [0.15, 0.2) is 5.13 Å². The summed E-state index contributed by atoms with van der Waals surface area (Å²) in [6.45, 7) is 4.66. The summed E-state index contributed by atoms with van der Waals surface area (Å²) in [6.07, 6.45) is 2.61. The summed E-state index contributed by atoms with van der Waals surface area (Å²) >= 11 is 1.58. The lowest BCUT2D eigenvalue weighted by Crippen LogP contribution is -2.30. The average molecular weight is 391 g/mol. The Balaban J connectivity index is 1.65. The minimum atomic E-state index is 0.0497. The molecule has 0 unspecified atom stereocenters. The Labute approximate surface area is 168 Å². The van der Waals surface area contributed by atoms with Crippen molar-refractivity contribution in [3.63, 3.8) is 0 Å². The van der Waals surface area contributed by atoms with E-state index in [0.29, 0.717) is 19.4 Å². The lowest BCUT2D eigenvalue weighted by molar-refractivity contribution is -0.118. The van der Waals surface area contributed by atoms with E-state index in [9.17, 15) is 4.79 Å². The molecule has 0 aliphatic carbocycles. The molecule has 2 heterocycles. The Bertz CT molecular complexity index is 1080. The summed E-state index contributed by atoms with van der Waals surface area (Å²) in [4.78, 5) is 19.7. The number of fused-ring (bicyclic) bond motifs is 1. The summed E-state index contributed by atoms with van der Waals surface area (Å²) < 4.78 is 6.50. The van der Waals surface area contributed by atoms with Crippen molar-refractivity contribution in [2.75, 3.05) is 4.90 Å². The van der Waals surface area contributed by atoms with Gasteiger partial charge in [-0.15, -0.1) is 0 Å². The van der Waals surface area contributed by atoms with Crippen LogP contribution in [0.25, 0.3) is 10.2 Å². The van der Waals surface area contributed by atoms with Crippen molar-refractivity contribution in [3.8, 4) is 0 Å². The Morgan fingerprint density at radius 2 is 1.93 bits per heavy atom. The minimum absolute atomic E-state index is 0.0497. The third kappa shape index (κ3) is 3.99. The number of amides is 1. The first-order chi connectivity index (χ1) is 13.6. The van der Waals surface area contributed by atoms with Crippen molar-refractivity contribution in [2.45, 2.75) is 33.2 Å². The first-order valence-corrected chi connectivity index (χ1v) is 10.2. The monoisotopic (exact) mass is 390 g/mol. The second kappa shape index (κ2) is 7.98. The topological polar surface area (TPSA) is 46.3 Å². The maximum atomic E-state index is 13.1. The fourth-order valence-corrected chi connectivity index (χ4v) is 4.48. The van der Waals surface area contributed by atoms with Crippen LogP contribution in [0.4, 0.5) is 5.13 Å². The second-order valence-electron chi connectivity index (χ2n) is 6.97. The average Bonchev–Trinajstić information content (AvgIpc) is 3.34. The van der Waals surface area contributed by atoms with Gasteiger partial charge in [0, 0.05) is 12.8 Å². The van der Waals surface area contributed by atoms with E-state index in [1.54, 1.807) is 22.5 Å². The minimum Gasteiger partial charge on any atom is -0.469 e. The number of anilines is 1. The van der Waals surface area contributed by atoms with Crippen LogP contribution in [0.1, 0.15) is 28.9 Å². The first kappa shape index (κ1) is 18.4. The van der Waals surface area contributed by atoms with E-state index in [4.69, 9.17) is 9.40 Å². The Morgan fingerprint density at radius 3 is 2.68 bits per heavy atom. The molecule has 28 heavy (non-hydrogen) atoms. The fraction of sp³-hybridized carbons (Fsp3) is 0.217. The quantitative estimate of drug-likeness (QED) is 0.426. The van der Waals surface area contributed by atoms with Crippen LogP contribution in [0.2, 0.25) is 0 Å². The molecule has 0 saturated carbocycles. The highest BCUT2D eigenvalue weighted by Gasteiger charge is 2.21. The molecular formula is C23H22N2O2S. The van der Waals surface area contributed by atoms with E-state index in [-0.39, 0.29) is 5.91 Å². The summed E-state index contributed by atoms with van der Waals surface area (Å²) in [5.41, 5.74) is 4.41. The SMILES string of the molecule is Cc1cc(C)c2nc(N(Cc3ccccc3)C(=O)CCc3ccco3)sc2c1. The number of thiazole rings is 1. The molecular weight excluding hydrogens is 368 g/mol. The highest BCUT2D eigenvalue weighted by molar-refractivity contribution is 7.22. The van der Waals surface area contributed by atoms with Gasteiger partial charge in [-0.25, -0.2) is 4.98 Å². The standard InChI is InChI=1S/C23H22N2O2S/c1-16-13-17(2)22-20(14-16)28-23(24-22)25(15-18-7-4-3-5-8-18)21(26)11-10-19-9-6-12-27-19/h3-9,12-14H,10-11,15H2,1-2H3. The number of aromatic nitrogens is 1. The number of rotatable bonds is 6. The molecule has 2 aromatic heterocycles. The van der Waals surface area contributed by atoms with E-state index in [1.807, 2.05) is 42.5 Å². The Hall–Kier alpha value is -2.92. The number of hydrogen-bond donors (Lipinski definition) is 0. The van der Waals surface area contributed by atoms with Gasteiger partial charge < -0.3 is 4.42 Å². The smallest absolute Gasteiger partial charge is 0.229 e. The molecule has 0 N–H and O–H groups in total. The van der Waals surface area contributed by atoms with Crippen molar-refractivity contribution >= 4 is 32.6 Å². The lowest BCUT2D eigenvalue weighted by atomic mass is 10.1. The van der Waals surface area contributed by atoms with Crippen molar-refractivity contribution in [1.29, 1.82) is 0 Å². The van der Waals surface area contributed by atoms with E-state index in [1.165, 1.54) is 5.56 Å². The molecule has 4 rings (SSSR count). The Kier molecular flexibility index (Phi) is 5.26. The number of furan rings is 1. The van der Waals surface area contributed by atoms with Crippen LogP contribution in [0.3, 0.4) is 0 Å². The van der Waals surface area contributed by atoms with Crippen LogP contribution in [0, 0.1) is 13.8 Å². The van der Waals surface area contributed by atoms with Crippen molar-refractivity contribution in [2.24, 2.45) is 0 Å². The number of aryl methyl sites for hydroxylation is 3. The van der Waals surface area contributed by atoms with Crippen LogP contribution >= 0.6 is 11.3 Å². The van der Waals surface area contributed by atoms with Gasteiger partial charge >= 0.3 is 0 Å². The van der Waals surface area contributed by atoms with Gasteiger partial charge in [0.1, 0.15) is 5.76 Å². The third-order valence-corrected chi connectivity index (χ3v) is 5.72. The predicted molar refractivity (Wildman–Crippen MR) is 114 cm³/mol. The summed E-state index contributed by atoms with van der Waals surface area (Å²) in [5, 5.41) is 0.747. The van der Waals surface area contributed by atoms with Gasteiger partial charge in [-0.1, -0.05) is 47.7 Å². The molecule has 0 radical (unpaired) electrons. The van der Waals surface area contributed by atoms with Gasteiger partial charge in [0.05, 0.1) is 23.0 Å². The maximum absolute atomic E-state index is 13.1. The van der Waals surface area contributed by atoms with E-state index >= 15 is 0 Å². The first-order valence-electron chi connectivity index (χ1n) is 9.34. The summed E-state index contributed by atoms with van der Waals surface area (Å²) in [7, 11) is 0. The number of benzene rings is 2. The molecule has 1 amide bonds. The van der Waals surface area contributed by atoms with Crippen LogP contribution in [0.5, 0.6) is 0 Å². The lowest BCUT2D eigenvalue weighted by Gasteiger charge is -2.20. The highest BCUT2D eigenvalue weighted by atomic mass is 32.1. The van der Waals surface area contributed by atoms with Crippen LogP contribution < -0.4 is 4.90 Å². The molecule has 0 fully saturated rings. The van der Waals surface area contributed by atoms with Crippen LogP contribution in [-0.2, 0) is 17.8 Å². The zero-order valence-corrected chi connectivity index (χ0v) is 16.8. The molecule has 5 heteroatoms. The van der Waals surface area contributed by atoms with Gasteiger partial charge in [0.2, 0.25) is 5.91 Å². The Morgan fingerprint density at radius 1 is 1.11 bits per heavy atom. The maximum Gasteiger partial charge on any atom is 0.229 e. The molecule has 0 bridgehead atoms. The van der Waals surface area contributed by atoms with E-state index < -0.39 is 0 Å². The zero-order chi connectivity index (χ0) is 19.5. The normalized spacial score (nSPS) is 11.1. The van der Waals surface area contributed by atoms with E-state index in [2.05, 4.69) is 26.0 Å². The zero-order valence-electron chi connectivity index (χ0n) is 16.0. The van der Waals surface area contributed by atoms with Crippen molar-refractivity contribution < 1.29 is 9.21 Å². The molecule has 4 aromatic rings.